The Kier molecular flexibility index (Phi) is 12.4. The van der Waals surface area contributed by atoms with Crippen LogP contribution in [0.15, 0.2) is 70.6 Å². The monoisotopic (exact) mass is 694 g/mol. The third-order valence-electron chi connectivity index (χ3n) is 8.51. The lowest BCUT2D eigenvalue weighted by Crippen LogP contribution is -2.35. The highest BCUT2D eigenvalue weighted by Crippen LogP contribution is 2.36. The van der Waals surface area contributed by atoms with Gasteiger partial charge in [-0.2, -0.15) is 9.40 Å². The summed E-state index contributed by atoms with van der Waals surface area (Å²) in [5, 5.41) is 13.6. The average molecular weight is 695 g/mol. The van der Waals surface area contributed by atoms with Crippen LogP contribution in [0.4, 0.5) is 0 Å². The summed E-state index contributed by atoms with van der Waals surface area (Å²) in [5.41, 5.74) is 2.78. The first-order chi connectivity index (χ1) is 22.7. The number of aromatic nitrogens is 2. The molecule has 1 amide bonds. The average Bonchev–Trinajstić information content (AvgIpc) is 3.62. The Labute approximate surface area is 287 Å². The number of para-hydroxylation sites is 1. The first-order valence-corrected chi connectivity index (χ1v) is 19.1. The number of carbonyl (C=O) groups excluding carboxylic acids is 1. The fraction of sp³-hybridized carbons (Fsp3) is 0.429. The van der Waals surface area contributed by atoms with E-state index >= 15 is 0 Å². The van der Waals surface area contributed by atoms with Crippen molar-refractivity contribution in [2.75, 3.05) is 19.6 Å². The van der Waals surface area contributed by atoms with E-state index < -0.39 is 16.0 Å². The molecule has 9 nitrogen and oxygen atoms in total. The van der Waals surface area contributed by atoms with Crippen LogP contribution < -0.4 is 0 Å². The van der Waals surface area contributed by atoms with Gasteiger partial charge in [0, 0.05) is 43.4 Å². The maximum Gasteiger partial charge on any atom is 0.303 e. The van der Waals surface area contributed by atoms with Crippen molar-refractivity contribution in [2.24, 2.45) is 0 Å². The Morgan fingerprint density at radius 2 is 1.60 bits per heavy atom. The van der Waals surface area contributed by atoms with Gasteiger partial charge in [-0.25, -0.2) is 13.1 Å². The number of benzene rings is 2. The molecule has 1 aromatic heterocycles. The van der Waals surface area contributed by atoms with Gasteiger partial charge in [0.1, 0.15) is 10.0 Å². The van der Waals surface area contributed by atoms with E-state index in [0.717, 1.165) is 76.3 Å². The highest BCUT2D eigenvalue weighted by atomic mass is 32.2. The van der Waals surface area contributed by atoms with E-state index in [-0.39, 0.29) is 17.2 Å². The quantitative estimate of drug-likeness (QED) is 0.0932. The lowest BCUT2D eigenvalue weighted by molar-refractivity contribution is -0.137. The van der Waals surface area contributed by atoms with Crippen LogP contribution in [0.1, 0.15) is 82.6 Å². The van der Waals surface area contributed by atoms with E-state index in [1.54, 1.807) is 32.1 Å². The first-order valence-electron chi connectivity index (χ1n) is 16.5. The molecule has 47 heavy (non-hydrogen) atoms. The Hall–Kier alpha value is -3.32. The Morgan fingerprint density at radius 1 is 0.915 bits per heavy atom. The van der Waals surface area contributed by atoms with E-state index in [1.807, 2.05) is 48.7 Å². The van der Waals surface area contributed by atoms with Crippen molar-refractivity contribution in [3.05, 3.63) is 71.3 Å². The van der Waals surface area contributed by atoms with Gasteiger partial charge in [-0.3, -0.25) is 14.5 Å². The minimum absolute atomic E-state index is 0.127. The molecule has 12 heteroatoms. The number of carboxylic acids is 1. The zero-order valence-electron chi connectivity index (χ0n) is 26.6. The molecule has 2 saturated heterocycles. The van der Waals surface area contributed by atoms with Gasteiger partial charge in [-0.1, -0.05) is 99.3 Å². The number of sulfonamides is 1. The van der Waals surface area contributed by atoms with Crippen LogP contribution in [0.5, 0.6) is 0 Å². The molecule has 5 rings (SSSR count). The lowest BCUT2D eigenvalue weighted by Gasteiger charge is -2.26. The number of piperidine rings is 1. The number of carboxylic acid groups (broad SMARTS) is 1. The number of nitrogens with zero attached hydrogens (tertiary/aromatic N) is 4. The smallest absolute Gasteiger partial charge is 0.303 e. The van der Waals surface area contributed by atoms with Gasteiger partial charge in [0.05, 0.1) is 15.5 Å². The van der Waals surface area contributed by atoms with Crippen LogP contribution in [-0.4, -0.2) is 68.3 Å². The van der Waals surface area contributed by atoms with E-state index in [4.69, 9.17) is 22.4 Å². The number of thioether (sulfide) groups is 1. The molecule has 2 aromatic carbocycles. The molecule has 3 heterocycles. The molecule has 0 aliphatic carbocycles. The molecule has 0 bridgehead atoms. The van der Waals surface area contributed by atoms with Gasteiger partial charge in [0.25, 0.3) is 5.91 Å². The van der Waals surface area contributed by atoms with E-state index in [0.29, 0.717) is 45.7 Å². The van der Waals surface area contributed by atoms with Crippen LogP contribution in [0.25, 0.3) is 23.0 Å². The Morgan fingerprint density at radius 3 is 2.30 bits per heavy atom. The Bertz CT molecular complexity index is 1700. The summed E-state index contributed by atoms with van der Waals surface area (Å²) in [6.45, 7) is 1.62. The maximum absolute atomic E-state index is 13.5. The molecule has 3 aromatic rings. The predicted octanol–water partition coefficient (Wildman–Crippen LogP) is 7.51. The molecule has 250 valence electrons. The summed E-state index contributed by atoms with van der Waals surface area (Å²) in [7, 11) is -3.64. The maximum atomic E-state index is 13.5. The summed E-state index contributed by atoms with van der Waals surface area (Å²) in [6.07, 6.45) is 14.5. The normalized spacial score (nSPS) is 16.8. The molecule has 0 atom stereocenters. The molecule has 2 fully saturated rings. The third kappa shape index (κ3) is 9.19. The minimum Gasteiger partial charge on any atom is -0.481 e. The van der Waals surface area contributed by atoms with Crippen LogP contribution in [0.3, 0.4) is 0 Å². The second kappa shape index (κ2) is 16.7. The van der Waals surface area contributed by atoms with Crippen LogP contribution in [0.2, 0.25) is 0 Å². The molecule has 0 radical (unpaired) electrons. The SMILES string of the molecule is O=C(O)CCCCCCCCCCN1C(=O)/C(=C/c2cn(-c3ccccc3)nc2-c2cccc(S(=O)(=O)N3CCCCC3)c2)SC1=S. The number of hydrogen-bond donors (Lipinski definition) is 1. The second-order valence-corrected chi connectivity index (χ2v) is 15.6. The molecule has 0 spiro atoms. The predicted molar refractivity (Wildman–Crippen MR) is 191 cm³/mol. The largest absolute Gasteiger partial charge is 0.481 e. The zero-order valence-corrected chi connectivity index (χ0v) is 29.0. The number of aliphatic carboxylic acids is 1. The van der Waals surface area contributed by atoms with E-state index in [1.165, 1.54) is 11.8 Å². The van der Waals surface area contributed by atoms with Crippen molar-refractivity contribution in [3.8, 4) is 16.9 Å². The molecule has 0 unspecified atom stereocenters. The number of unbranched alkanes of at least 4 members (excludes halogenated alkanes) is 7. The molecule has 2 aliphatic heterocycles. The van der Waals surface area contributed by atoms with Crippen LogP contribution in [-0.2, 0) is 19.6 Å². The number of carbonyl (C=O) groups is 2. The number of amides is 1. The summed E-state index contributed by atoms with van der Waals surface area (Å²) in [5.74, 6) is -0.859. The lowest BCUT2D eigenvalue weighted by atomic mass is 10.1. The van der Waals surface area contributed by atoms with Crippen molar-refractivity contribution in [2.45, 2.75) is 81.9 Å². The van der Waals surface area contributed by atoms with Gasteiger partial charge in [0.15, 0.2) is 0 Å². The minimum atomic E-state index is -3.64. The summed E-state index contributed by atoms with van der Waals surface area (Å²) in [6, 6.07) is 16.6. The standard InChI is InChI=1S/C35H42N4O5S3/c40-32(41)20-11-5-3-1-2-4-6-14-23-38-34(42)31(46-35(38)45)25-28-26-39(29-17-9-7-10-18-29)36-33(28)27-16-15-19-30(24-27)47(43,44)37-21-12-8-13-22-37/h7,9-10,15-19,24-26H,1-6,8,11-14,20-23H2,(H,40,41)/b31-25-. The van der Waals surface area contributed by atoms with Crippen molar-refractivity contribution >= 4 is 56.3 Å². The van der Waals surface area contributed by atoms with E-state index in [2.05, 4.69) is 0 Å². The molecular weight excluding hydrogens is 653 g/mol. The van der Waals surface area contributed by atoms with Crippen LogP contribution >= 0.6 is 24.0 Å². The number of thiocarbonyl (C=S) groups is 1. The first kappa shape index (κ1) is 35.0. The molecule has 1 N–H and O–H groups in total. The van der Waals surface area contributed by atoms with Gasteiger partial charge in [-0.15, -0.1) is 0 Å². The fourth-order valence-electron chi connectivity index (χ4n) is 5.93. The summed E-state index contributed by atoms with van der Waals surface area (Å²) in [4.78, 5) is 26.6. The number of hydrogen-bond acceptors (Lipinski definition) is 7. The fourth-order valence-corrected chi connectivity index (χ4v) is 8.79. The molecular formula is C35H42N4O5S3. The van der Waals surface area contributed by atoms with Crippen molar-refractivity contribution in [1.29, 1.82) is 0 Å². The van der Waals surface area contributed by atoms with Gasteiger partial charge >= 0.3 is 5.97 Å². The van der Waals surface area contributed by atoms with Crippen molar-refractivity contribution < 1.29 is 23.1 Å². The topological polar surface area (TPSA) is 113 Å². The van der Waals surface area contributed by atoms with Gasteiger partial charge < -0.3 is 5.11 Å². The summed E-state index contributed by atoms with van der Waals surface area (Å²) < 4.78 is 30.8. The second-order valence-electron chi connectivity index (χ2n) is 12.0. The van der Waals surface area contributed by atoms with Crippen molar-refractivity contribution in [1.82, 2.24) is 19.0 Å². The molecule has 0 saturated carbocycles. The zero-order chi connectivity index (χ0) is 33.2. The van der Waals surface area contributed by atoms with Gasteiger partial charge in [0.2, 0.25) is 10.0 Å². The third-order valence-corrected chi connectivity index (χ3v) is 11.8. The van der Waals surface area contributed by atoms with Crippen molar-refractivity contribution in [3.63, 3.8) is 0 Å². The number of rotatable bonds is 16. The highest BCUT2D eigenvalue weighted by Gasteiger charge is 2.32. The highest BCUT2D eigenvalue weighted by molar-refractivity contribution is 8.26. The van der Waals surface area contributed by atoms with E-state index in [9.17, 15) is 18.0 Å². The van der Waals surface area contributed by atoms with Crippen LogP contribution in [0, 0.1) is 0 Å². The Balaban J connectivity index is 1.29. The van der Waals surface area contributed by atoms with Gasteiger partial charge in [-0.05, 0) is 56.0 Å². The summed E-state index contributed by atoms with van der Waals surface area (Å²) >= 11 is 6.89. The molecule has 2 aliphatic rings.